The molecule has 6 heteroatoms. The van der Waals surface area contributed by atoms with Crippen molar-refractivity contribution in [2.24, 2.45) is 11.7 Å². The van der Waals surface area contributed by atoms with Gasteiger partial charge in [0.25, 0.3) is 6.43 Å². The lowest BCUT2D eigenvalue weighted by Crippen LogP contribution is -2.34. The molecule has 2 unspecified atom stereocenters. The number of alkyl halides is 3. The van der Waals surface area contributed by atoms with Crippen molar-refractivity contribution in [3.63, 3.8) is 0 Å². The first-order valence-corrected chi connectivity index (χ1v) is 3.22. The molecule has 0 aromatic heterocycles. The van der Waals surface area contributed by atoms with Crippen LogP contribution in [0, 0.1) is 5.92 Å². The van der Waals surface area contributed by atoms with Gasteiger partial charge in [0.05, 0.1) is 5.92 Å². The molecule has 0 heterocycles. The lowest BCUT2D eigenvalue weighted by molar-refractivity contribution is -0.126. The summed E-state index contributed by atoms with van der Waals surface area (Å²) in [5, 5.41) is 0. The molecule has 0 aliphatic heterocycles. The summed E-state index contributed by atoms with van der Waals surface area (Å²) in [6.07, 6.45) is -5.56. The second-order valence-corrected chi connectivity index (χ2v) is 2.20. The summed E-state index contributed by atoms with van der Waals surface area (Å²) in [5.41, 5.74) is 4.67. The Morgan fingerprint density at radius 2 is 1.83 bits per heavy atom. The second-order valence-electron chi connectivity index (χ2n) is 2.20. The molecule has 0 rings (SSSR count). The van der Waals surface area contributed by atoms with Gasteiger partial charge in [-0.25, -0.2) is 13.2 Å². The van der Waals surface area contributed by atoms with Gasteiger partial charge in [0.1, 0.15) is 0 Å². The Balaban J connectivity index is 0. The van der Waals surface area contributed by atoms with Crippen LogP contribution in [0.15, 0.2) is 0 Å². The first-order chi connectivity index (χ1) is 5.00. The average Bonchev–Trinajstić information content (AvgIpc) is 1.88. The number of carbonyl (C=O) groups is 1. The van der Waals surface area contributed by atoms with Gasteiger partial charge in [-0.2, -0.15) is 0 Å². The van der Waals surface area contributed by atoms with Gasteiger partial charge in [0.2, 0.25) is 5.91 Å². The van der Waals surface area contributed by atoms with E-state index in [1.807, 2.05) is 0 Å². The van der Waals surface area contributed by atoms with E-state index in [9.17, 15) is 18.0 Å². The number of carbonyl (C=O) groups excluding carboxylic acids is 1. The molecule has 0 bridgehead atoms. The second kappa shape index (κ2) is 6.11. The van der Waals surface area contributed by atoms with E-state index in [2.05, 4.69) is 5.73 Å². The summed E-state index contributed by atoms with van der Waals surface area (Å²) < 4.78 is 35.7. The van der Waals surface area contributed by atoms with Crippen molar-refractivity contribution in [2.45, 2.75) is 25.9 Å². The highest BCUT2D eigenvalue weighted by molar-refractivity contribution is 5.85. The lowest BCUT2D eigenvalue weighted by Gasteiger charge is -2.14. The van der Waals surface area contributed by atoms with Crippen LogP contribution < -0.4 is 5.73 Å². The normalized spacial score (nSPS) is 15.1. The highest BCUT2D eigenvalue weighted by atomic mass is 35.5. The minimum Gasteiger partial charge on any atom is -0.369 e. The summed E-state index contributed by atoms with van der Waals surface area (Å²) >= 11 is 0. The van der Waals surface area contributed by atoms with Crippen molar-refractivity contribution in [3.8, 4) is 0 Å². The van der Waals surface area contributed by atoms with Gasteiger partial charge in [0, 0.05) is 0 Å². The van der Waals surface area contributed by atoms with E-state index in [0.29, 0.717) is 0 Å². The minimum absolute atomic E-state index is 0. The van der Waals surface area contributed by atoms with Crippen LogP contribution in [0.25, 0.3) is 0 Å². The molecule has 0 saturated heterocycles. The monoisotopic (exact) mass is 205 g/mol. The summed E-state index contributed by atoms with van der Waals surface area (Å²) in [5.74, 6) is -2.38. The number of halogens is 4. The van der Waals surface area contributed by atoms with Crippen LogP contribution in [0.5, 0.6) is 0 Å². The molecule has 0 fully saturated rings. The highest BCUT2D eigenvalue weighted by Gasteiger charge is 2.32. The van der Waals surface area contributed by atoms with Crippen molar-refractivity contribution in [1.82, 2.24) is 0 Å². The largest absolute Gasteiger partial charge is 0.369 e. The molecular weight excluding hydrogens is 195 g/mol. The van der Waals surface area contributed by atoms with E-state index >= 15 is 0 Å². The summed E-state index contributed by atoms with van der Waals surface area (Å²) in [4.78, 5) is 10.3. The first kappa shape index (κ1) is 14.1. The summed E-state index contributed by atoms with van der Waals surface area (Å²) in [7, 11) is 0. The SMILES string of the molecule is CCC(C(N)=O)C(F)C(F)F.Cl. The summed E-state index contributed by atoms with van der Waals surface area (Å²) in [6.45, 7) is 1.43. The highest BCUT2D eigenvalue weighted by Crippen LogP contribution is 2.18. The third kappa shape index (κ3) is 3.80. The zero-order chi connectivity index (χ0) is 9.02. The predicted molar refractivity (Wildman–Crippen MR) is 41.1 cm³/mol. The Bertz CT molecular complexity index is 145. The van der Waals surface area contributed by atoms with Gasteiger partial charge < -0.3 is 5.73 Å². The van der Waals surface area contributed by atoms with Gasteiger partial charge in [-0.1, -0.05) is 6.92 Å². The quantitative estimate of drug-likeness (QED) is 0.743. The van der Waals surface area contributed by atoms with Gasteiger partial charge in [0.15, 0.2) is 6.17 Å². The van der Waals surface area contributed by atoms with Crippen LogP contribution in [-0.4, -0.2) is 18.5 Å². The maximum Gasteiger partial charge on any atom is 0.270 e. The molecule has 0 radical (unpaired) electrons. The average molecular weight is 206 g/mol. The van der Waals surface area contributed by atoms with Gasteiger partial charge in [-0.15, -0.1) is 12.4 Å². The van der Waals surface area contributed by atoms with Crippen molar-refractivity contribution in [1.29, 1.82) is 0 Å². The Labute approximate surface area is 74.7 Å². The van der Waals surface area contributed by atoms with Crippen LogP contribution in [0.4, 0.5) is 13.2 Å². The topological polar surface area (TPSA) is 43.1 Å². The maximum atomic E-state index is 12.4. The fraction of sp³-hybridized carbons (Fsp3) is 0.833. The fourth-order valence-electron chi connectivity index (χ4n) is 0.759. The van der Waals surface area contributed by atoms with Gasteiger partial charge in [-0.3, -0.25) is 4.79 Å². The van der Waals surface area contributed by atoms with Crippen molar-refractivity contribution < 1.29 is 18.0 Å². The third-order valence-electron chi connectivity index (χ3n) is 1.43. The molecule has 74 valence electrons. The Morgan fingerprint density at radius 3 is 1.92 bits per heavy atom. The van der Waals surface area contributed by atoms with E-state index in [4.69, 9.17) is 0 Å². The molecule has 2 N–H and O–H groups in total. The van der Waals surface area contributed by atoms with Crippen molar-refractivity contribution in [2.75, 3.05) is 0 Å². The van der Waals surface area contributed by atoms with E-state index in [-0.39, 0.29) is 18.8 Å². The molecule has 12 heavy (non-hydrogen) atoms. The maximum absolute atomic E-state index is 12.4. The Hall–Kier alpha value is -0.450. The Morgan fingerprint density at radius 1 is 1.42 bits per heavy atom. The predicted octanol–water partition coefficient (Wildman–Crippen LogP) is 1.52. The number of amides is 1. The van der Waals surface area contributed by atoms with Crippen molar-refractivity contribution >= 4 is 18.3 Å². The van der Waals surface area contributed by atoms with Crippen LogP contribution in [0.1, 0.15) is 13.3 Å². The van der Waals surface area contributed by atoms with E-state index in [1.165, 1.54) is 6.92 Å². The number of hydrogen-bond donors (Lipinski definition) is 1. The molecule has 2 atom stereocenters. The smallest absolute Gasteiger partial charge is 0.270 e. The van der Waals surface area contributed by atoms with E-state index < -0.39 is 24.4 Å². The molecular formula is C6H11ClF3NO. The van der Waals surface area contributed by atoms with Crippen molar-refractivity contribution in [3.05, 3.63) is 0 Å². The minimum atomic E-state index is -3.13. The zero-order valence-corrected chi connectivity index (χ0v) is 7.28. The molecule has 0 aromatic rings. The fourth-order valence-corrected chi connectivity index (χ4v) is 0.759. The molecule has 0 aromatic carbocycles. The Kier molecular flexibility index (Phi) is 7.18. The number of rotatable bonds is 4. The zero-order valence-electron chi connectivity index (χ0n) is 6.47. The molecule has 0 aliphatic carbocycles. The van der Waals surface area contributed by atoms with Crippen LogP contribution in [0.2, 0.25) is 0 Å². The number of primary amides is 1. The van der Waals surface area contributed by atoms with Crippen LogP contribution in [0.3, 0.4) is 0 Å². The van der Waals surface area contributed by atoms with E-state index in [0.717, 1.165) is 0 Å². The number of nitrogens with two attached hydrogens (primary N) is 1. The molecule has 2 nitrogen and oxygen atoms in total. The van der Waals surface area contributed by atoms with Gasteiger partial charge >= 0.3 is 0 Å². The lowest BCUT2D eigenvalue weighted by atomic mass is 10.0. The summed E-state index contributed by atoms with van der Waals surface area (Å²) in [6, 6.07) is 0. The molecule has 0 spiro atoms. The first-order valence-electron chi connectivity index (χ1n) is 3.22. The number of hydrogen-bond acceptors (Lipinski definition) is 1. The van der Waals surface area contributed by atoms with Gasteiger partial charge in [-0.05, 0) is 6.42 Å². The van der Waals surface area contributed by atoms with Crippen LogP contribution >= 0.6 is 12.4 Å². The third-order valence-corrected chi connectivity index (χ3v) is 1.43. The van der Waals surface area contributed by atoms with Crippen LogP contribution in [-0.2, 0) is 4.79 Å². The molecule has 0 saturated carbocycles. The molecule has 0 aliphatic rings. The standard InChI is InChI=1S/C6H10F3NO.ClH/c1-2-3(6(10)11)4(7)5(8)9;/h3-5H,2H2,1H3,(H2,10,11);1H. The van der Waals surface area contributed by atoms with E-state index in [1.54, 1.807) is 0 Å². The molecule has 1 amide bonds.